The number of hydrogen-bond acceptors (Lipinski definition) is 1. The van der Waals surface area contributed by atoms with Gasteiger partial charge in [-0.1, -0.05) is 6.58 Å². The van der Waals surface area contributed by atoms with Gasteiger partial charge in [-0.05, 0) is 24.1 Å². The maximum Gasteiger partial charge on any atom is 0.197 e. The first-order valence-electron chi connectivity index (χ1n) is 3.48. The SMILES string of the molecule is C=C(C)c1ccc([NH2+][CH2-])nc1. The Hall–Kier alpha value is -1.15. The van der Waals surface area contributed by atoms with Crippen LogP contribution in [0.2, 0.25) is 0 Å². The molecule has 0 atom stereocenters. The molecule has 0 aliphatic heterocycles. The number of nitrogens with zero attached hydrogens (tertiary/aromatic N) is 1. The fraction of sp³-hybridized carbons (Fsp3) is 0.111. The van der Waals surface area contributed by atoms with Crippen LogP contribution in [0, 0.1) is 7.05 Å². The standard InChI is InChI=1S/C9H12N2/c1-7(2)8-4-5-9(10-3)11-6-8/h4-6H,1,3,10H2,2H3. The monoisotopic (exact) mass is 148 g/mol. The Morgan fingerprint density at radius 3 is 2.73 bits per heavy atom. The maximum absolute atomic E-state index is 4.14. The van der Waals surface area contributed by atoms with Crippen molar-refractivity contribution in [3.05, 3.63) is 37.5 Å². The average Bonchev–Trinajstić information content (AvgIpc) is 2.05. The molecule has 0 saturated heterocycles. The molecule has 0 amide bonds. The highest BCUT2D eigenvalue weighted by Gasteiger charge is 1.94. The van der Waals surface area contributed by atoms with Crippen LogP contribution in [0.25, 0.3) is 5.57 Å². The van der Waals surface area contributed by atoms with E-state index in [9.17, 15) is 0 Å². The van der Waals surface area contributed by atoms with Crippen molar-refractivity contribution in [2.75, 3.05) is 0 Å². The molecule has 0 aliphatic carbocycles. The van der Waals surface area contributed by atoms with Crippen molar-refractivity contribution in [2.45, 2.75) is 6.92 Å². The molecule has 11 heavy (non-hydrogen) atoms. The first-order chi connectivity index (χ1) is 5.24. The van der Waals surface area contributed by atoms with E-state index in [1.165, 1.54) is 0 Å². The van der Waals surface area contributed by atoms with Crippen molar-refractivity contribution in [1.29, 1.82) is 0 Å². The van der Waals surface area contributed by atoms with Gasteiger partial charge in [-0.2, -0.15) is 0 Å². The lowest BCUT2D eigenvalue weighted by Gasteiger charge is -2.00. The highest BCUT2D eigenvalue weighted by Crippen LogP contribution is 2.09. The van der Waals surface area contributed by atoms with Gasteiger partial charge in [0.1, 0.15) is 0 Å². The predicted molar refractivity (Wildman–Crippen MR) is 45.9 cm³/mol. The minimum absolute atomic E-state index is 0.898. The molecule has 0 fully saturated rings. The zero-order chi connectivity index (χ0) is 8.27. The Labute approximate surface area is 67.0 Å². The van der Waals surface area contributed by atoms with Gasteiger partial charge < -0.3 is 5.32 Å². The summed E-state index contributed by atoms with van der Waals surface area (Å²) in [7, 11) is 3.62. The van der Waals surface area contributed by atoms with E-state index in [1.54, 1.807) is 11.5 Å². The van der Waals surface area contributed by atoms with E-state index < -0.39 is 0 Å². The summed E-state index contributed by atoms with van der Waals surface area (Å²) in [6.07, 6.45) is 1.80. The van der Waals surface area contributed by atoms with Crippen molar-refractivity contribution in [2.24, 2.45) is 0 Å². The number of rotatable bonds is 2. The smallest absolute Gasteiger partial charge is 0.197 e. The van der Waals surface area contributed by atoms with Crippen molar-refractivity contribution < 1.29 is 5.32 Å². The highest BCUT2D eigenvalue weighted by molar-refractivity contribution is 5.60. The van der Waals surface area contributed by atoms with Crippen molar-refractivity contribution in [3.8, 4) is 0 Å². The normalized spacial score (nSPS) is 9.64. The van der Waals surface area contributed by atoms with Gasteiger partial charge in [-0.25, -0.2) is 4.98 Å². The van der Waals surface area contributed by atoms with Gasteiger partial charge in [0.05, 0.1) is 0 Å². The molecule has 0 aliphatic rings. The maximum atomic E-state index is 4.14. The van der Waals surface area contributed by atoms with Gasteiger partial charge in [-0.3, -0.25) is 0 Å². The van der Waals surface area contributed by atoms with E-state index in [0.717, 1.165) is 17.0 Å². The molecule has 0 radical (unpaired) electrons. The van der Waals surface area contributed by atoms with E-state index in [0.29, 0.717) is 0 Å². The molecule has 1 rings (SSSR count). The Kier molecular flexibility index (Phi) is 2.39. The van der Waals surface area contributed by atoms with Gasteiger partial charge in [0.25, 0.3) is 0 Å². The minimum atomic E-state index is 0.898. The van der Waals surface area contributed by atoms with Crippen LogP contribution in [0.5, 0.6) is 0 Å². The average molecular weight is 148 g/mol. The molecule has 2 nitrogen and oxygen atoms in total. The first kappa shape index (κ1) is 7.95. The molecule has 0 unspecified atom stereocenters. The summed E-state index contributed by atoms with van der Waals surface area (Å²) in [6.45, 7) is 5.78. The molecule has 0 bridgehead atoms. The molecule has 2 N–H and O–H groups in total. The third-order valence-electron chi connectivity index (χ3n) is 1.49. The third kappa shape index (κ3) is 1.88. The number of pyridine rings is 1. The Morgan fingerprint density at radius 2 is 2.36 bits per heavy atom. The molecule has 1 aromatic heterocycles. The van der Waals surface area contributed by atoms with Crippen LogP contribution < -0.4 is 5.32 Å². The second kappa shape index (κ2) is 3.30. The molecule has 2 heteroatoms. The zero-order valence-corrected chi connectivity index (χ0v) is 6.67. The lowest BCUT2D eigenvalue weighted by molar-refractivity contribution is -0.508. The predicted octanol–water partition coefficient (Wildman–Crippen LogP) is 1.10. The number of nitrogens with two attached hydrogens (primary N) is 1. The summed E-state index contributed by atoms with van der Waals surface area (Å²) >= 11 is 0. The van der Waals surface area contributed by atoms with Gasteiger partial charge in [0, 0.05) is 12.3 Å². The number of hydrogen-bond donors (Lipinski definition) is 1. The van der Waals surface area contributed by atoms with Gasteiger partial charge in [0.15, 0.2) is 5.82 Å². The Morgan fingerprint density at radius 1 is 1.64 bits per heavy atom. The zero-order valence-electron chi connectivity index (χ0n) is 6.67. The summed E-state index contributed by atoms with van der Waals surface area (Å²) in [6, 6.07) is 3.92. The van der Waals surface area contributed by atoms with E-state index in [-0.39, 0.29) is 0 Å². The van der Waals surface area contributed by atoms with E-state index in [2.05, 4.69) is 18.6 Å². The second-order valence-corrected chi connectivity index (χ2v) is 2.46. The Balaban J connectivity index is 2.91. The summed E-state index contributed by atoms with van der Waals surface area (Å²) in [5, 5.41) is 1.72. The number of aromatic nitrogens is 1. The minimum Gasteiger partial charge on any atom is -0.429 e. The molecule has 58 valence electrons. The molecule has 0 saturated carbocycles. The van der Waals surface area contributed by atoms with Crippen molar-refractivity contribution in [3.63, 3.8) is 0 Å². The van der Waals surface area contributed by atoms with Crippen LogP contribution in [-0.2, 0) is 0 Å². The van der Waals surface area contributed by atoms with Crippen molar-refractivity contribution >= 4 is 11.4 Å². The van der Waals surface area contributed by atoms with Crippen molar-refractivity contribution in [1.82, 2.24) is 4.98 Å². The lowest BCUT2D eigenvalue weighted by Crippen LogP contribution is -2.70. The van der Waals surface area contributed by atoms with Crippen LogP contribution in [-0.4, -0.2) is 4.98 Å². The molecule has 1 aromatic rings. The van der Waals surface area contributed by atoms with E-state index in [1.807, 2.05) is 19.1 Å². The van der Waals surface area contributed by atoms with Gasteiger partial charge >= 0.3 is 0 Å². The van der Waals surface area contributed by atoms with Crippen LogP contribution in [0.1, 0.15) is 12.5 Å². The van der Waals surface area contributed by atoms with Crippen LogP contribution in [0.15, 0.2) is 24.9 Å². The van der Waals surface area contributed by atoms with E-state index >= 15 is 0 Å². The highest BCUT2D eigenvalue weighted by atomic mass is 14.9. The molecular formula is C9H12N2. The Bertz CT molecular complexity index is 249. The summed E-state index contributed by atoms with van der Waals surface area (Å²) in [4.78, 5) is 4.14. The first-order valence-corrected chi connectivity index (χ1v) is 3.48. The second-order valence-electron chi connectivity index (χ2n) is 2.46. The van der Waals surface area contributed by atoms with Crippen LogP contribution in [0.4, 0.5) is 5.82 Å². The largest absolute Gasteiger partial charge is 0.429 e. The summed E-state index contributed by atoms with van der Waals surface area (Å²) in [5.41, 5.74) is 2.11. The molecular weight excluding hydrogens is 136 g/mol. The fourth-order valence-corrected chi connectivity index (χ4v) is 0.779. The van der Waals surface area contributed by atoms with Gasteiger partial charge in [-0.15, -0.1) is 7.05 Å². The van der Waals surface area contributed by atoms with Crippen LogP contribution >= 0.6 is 0 Å². The molecule has 0 spiro atoms. The number of allylic oxidation sites excluding steroid dienone is 1. The quantitative estimate of drug-likeness (QED) is 0.625. The number of quaternary nitrogens is 1. The van der Waals surface area contributed by atoms with Gasteiger partial charge in [0.2, 0.25) is 0 Å². The lowest BCUT2D eigenvalue weighted by atomic mass is 10.1. The topological polar surface area (TPSA) is 29.5 Å². The van der Waals surface area contributed by atoms with Crippen LogP contribution in [0.3, 0.4) is 0 Å². The summed E-state index contributed by atoms with van der Waals surface area (Å²) < 4.78 is 0. The fourth-order valence-electron chi connectivity index (χ4n) is 0.779. The summed E-state index contributed by atoms with van der Waals surface area (Å²) in [5.74, 6) is 0.898. The molecule has 0 aromatic carbocycles. The van der Waals surface area contributed by atoms with E-state index in [4.69, 9.17) is 0 Å². The third-order valence-corrected chi connectivity index (χ3v) is 1.49. The molecule has 1 heterocycles.